The van der Waals surface area contributed by atoms with Crippen molar-refractivity contribution in [1.82, 2.24) is 0 Å². The second kappa shape index (κ2) is 12.1. The predicted octanol–water partition coefficient (Wildman–Crippen LogP) is 11.2. The number of hydrogen-bond acceptors (Lipinski definition) is 1. The minimum absolute atomic E-state index is 3.21. The molecular formula is C20HF33O. The molecule has 318 valence electrons. The van der Waals surface area contributed by atoms with Crippen molar-refractivity contribution in [3.8, 4) is 5.75 Å². The van der Waals surface area contributed by atoms with Crippen LogP contribution in [0.1, 0.15) is 5.56 Å². The molecule has 1 N–H and O–H groups in total. The fraction of sp³-hybridized carbons (Fsp3) is 0.700. The normalized spacial score (nSPS) is 16.3. The minimum Gasteiger partial charge on any atom is -0.503 e. The molecule has 0 unspecified atom stereocenters. The third kappa shape index (κ3) is 5.37. The molecule has 0 heterocycles. The van der Waals surface area contributed by atoms with E-state index >= 15 is 0 Å². The van der Waals surface area contributed by atoms with Crippen molar-refractivity contribution in [2.24, 2.45) is 0 Å². The van der Waals surface area contributed by atoms with Gasteiger partial charge in [-0.1, -0.05) is 0 Å². The molecule has 1 aromatic rings. The summed E-state index contributed by atoms with van der Waals surface area (Å²) in [5.41, 5.74) is -4.72. The Morgan fingerprint density at radius 2 is 0.407 bits per heavy atom. The van der Waals surface area contributed by atoms with Gasteiger partial charge in [-0.3, -0.25) is 0 Å². The number of benzene rings is 1. The lowest BCUT2D eigenvalue weighted by molar-refractivity contribution is -0.487. The maximum atomic E-state index is 14.1. The molecule has 0 saturated carbocycles. The topological polar surface area (TPSA) is 20.2 Å². The summed E-state index contributed by atoms with van der Waals surface area (Å²) >= 11 is 0. The average Bonchev–Trinajstić information content (AvgIpc) is 2.97. The summed E-state index contributed by atoms with van der Waals surface area (Å²) in [6, 6.07) is 0. The van der Waals surface area contributed by atoms with E-state index in [0.717, 1.165) is 0 Å². The second-order valence-electron chi connectivity index (χ2n) is 9.94. The summed E-state index contributed by atoms with van der Waals surface area (Å²) in [6.07, 6.45) is -8.38. The number of hydrogen-bond donors (Lipinski definition) is 1. The van der Waals surface area contributed by atoms with E-state index in [1.807, 2.05) is 0 Å². The highest BCUT2D eigenvalue weighted by Crippen LogP contribution is 2.69. The van der Waals surface area contributed by atoms with E-state index in [0.29, 0.717) is 0 Å². The van der Waals surface area contributed by atoms with Crippen LogP contribution in [0.2, 0.25) is 0 Å². The summed E-state index contributed by atoms with van der Waals surface area (Å²) in [4.78, 5) is 0. The molecule has 0 saturated heterocycles. The van der Waals surface area contributed by atoms with E-state index in [-0.39, 0.29) is 0 Å². The van der Waals surface area contributed by atoms with Gasteiger partial charge in [0.25, 0.3) is 0 Å². The van der Waals surface area contributed by atoms with Crippen molar-refractivity contribution in [3.05, 3.63) is 28.8 Å². The quantitative estimate of drug-likeness (QED) is 0.155. The van der Waals surface area contributed by atoms with E-state index in [9.17, 15) is 145 Å². The molecule has 0 aromatic heterocycles. The van der Waals surface area contributed by atoms with Crippen LogP contribution in [0.5, 0.6) is 5.75 Å². The molecule has 0 atom stereocenters. The van der Waals surface area contributed by atoms with Crippen molar-refractivity contribution in [2.75, 3.05) is 0 Å². The standard InChI is InChI=1S/C20HF33O/c21-2-1(3(22)5(24)6(54)4(2)23)7(25,26)8(27,28)9(29,30)10(31,32)11(33,34)12(35,36)13(37,38)14(39,40)15(41,42)16(43,44)17(45,46)18(47,48)19(49,50)20(51,52)53/h54H. The number of phenols is 1. The molecule has 0 aliphatic rings. The Balaban J connectivity index is 4.11. The molecule has 0 spiro atoms. The predicted molar refractivity (Wildman–Crippen MR) is 97.3 cm³/mol. The Labute approximate surface area is 269 Å². The van der Waals surface area contributed by atoms with Crippen molar-refractivity contribution in [3.63, 3.8) is 0 Å². The highest BCUT2D eigenvalue weighted by Gasteiger charge is 3.01. The van der Waals surface area contributed by atoms with E-state index < -0.39 is 118 Å². The van der Waals surface area contributed by atoms with Crippen molar-refractivity contribution in [2.45, 2.75) is 83.2 Å². The molecular weight excluding hydrogens is 883 g/mol. The molecule has 0 aliphatic heterocycles. The molecule has 0 radical (unpaired) electrons. The first-order valence-corrected chi connectivity index (χ1v) is 11.5. The van der Waals surface area contributed by atoms with Crippen LogP contribution in [0, 0.1) is 23.3 Å². The van der Waals surface area contributed by atoms with E-state index in [2.05, 4.69) is 0 Å². The van der Waals surface area contributed by atoms with Crippen LogP contribution in [0.3, 0.4) is 0 Å². The Hall–Kier alpha value is -3.29. The van der Waals surface area contributed by atoms with E-state index in [1.165, 1.54) is 0 Å². The molecule has 1 nitrogen and oxygen atoms in total. The van der Waals surface area contributed by atoms with Crippen LogP contribution >= 0.6 is 0 Å². The molecule has 0 aliphatic carbocycles. The van der Waals surface area contributed by atoms with Crippen LogP contribution in [0.25, 0.3) is 0 Å². The van der Waals surface area contributed by atoms with Gasteiger partial charge >= 0.3 is 83.2 Å². The lowest BCUT2D eigenvalue weighted by atomic mass is 9.83. The molecule has 1 aromatic carbocycles. The first-order valence-electron chi connectivity index (χ1n) is 11.5. The largest absolute Gasteiger partial charge is 0.503 e. The van der Waals surface area contributed by atoms with Gasteiger partial charge in [-0.15, -0.1) is 0 Å². The van der Waals surface area contributed by atoms with Gasteiger partial charge in [-0.05, 0) is 0 Å². The maximum Gasteiger partial charge on any atom is 0.460 e. The summed E-state index contributed by atoms with van der Waals surface area (Å²) in [7, 11) is 0. The summed E-state index contributed by atoms with van der Waals surface area (Å²) in [5, 5.41) is 8.54. The third-order valence-electron chi connectivity index (χ3n) is 6.64. The first-order chi connectivity index (χ1) is 22.9. The molecule has 34 heteroatoms. The van der Waals surface area contributed by atoms with Gasteiger partial charge in [0.1, 0.15) is 5.56 Å². The fourth-order valence-electron chi connectivity index (χ4n) is 3.40. The monoisotopic (exact) mass is 884 g/mol. The van der Waals surface area contributed by atoms with Gasteiger partial charge in [0.15, 0.2) is 17.4 Å². The maximum absolute atomic E-state index is 14.1. The second-order valence-corrected chi connectivity index (χ2v) is 9.94. The van der Waals surface area contributed by atoms with Gasteiger partial charge in [-0.25, -0.2) is 8.78 Å². The van der Waals surface area contributed by atoms with Gasteiger partial charge < -0.3 is 5.11 Å². The number of rotatable bonds is 13. The SMILES string of the molecule is Oc1c(F)c(F)c(C(F)(F)C(F)(F)C(F)(F)C(F)(F)C(F)(F)C(F)(F)C(F)(F)C(F)(F)C(F)(F)C(F)(F)C(F)(F)C(F)(F)C(F)(F)C(F)(F)F)c(F)c1F. The molecule has 0 amide bonds. The lowest BCUT2D eigenvalue weighted by Gasteiger charge is -2.46. The van der Waals surface area contributed by atoms with Gasteiger partial charge in [0, 0.05) is 0 Å². The van der Waals surface area contributed by atoms with Gasteiger partial charge in [0.2, 0.25) is 11.6 Å². The third-order valence-corrected chi connectivity index (χ3v) is 6.64. The Kier molecular flexibility index (Phi) is 10.9. The fourth-order valence-corrected chi connectivity index (χ4v) is 3.40. The average molecular weight is 884 g/mol. The number of aromatic hydroxyl groups is 1. The van der Waals surface area contributed by atoms with Crippen molar-refractivity contribution < 1.29 is 150 Å². The molecule has 1 rings (SSSR count). The molecule has 0 fully saturated rings. The Morgan fingerprint density at radius 3 is 0.593 bits per heavy atom. The van der Waals surface area contributed by atoms with Gasteiger partial charge in [-0.2, -0.15) is 136 Å². The first kappa shape index (κ1) is 48.7. The highest BCUT2D eigenvalue weighted by molar-refractivity contribution is 5.37. The summed E-state index contributed by atoms with van der Waals surface area (Å²) < 4.78 is 447. The number of halogens is 33. The van der Waals surface area contributed by atoms with Crippen LogP contribution in [-0.4, -0.2) is 82.4 Å². The van der Waals surface area contributed by atoms with Crippen LogP contribution in [-0.2, 0) is 5.92 Å². The smallest absolute Gasteiger partial charge is 0.460 e. The summed E-state index contributed by atoms with van der Waals surface area (Å²) in [5.74, 6) is -145. The summed E-state index contributed by atoms with van der Waals surface area (Å²) in [6.45, 7) is 0. The zero-order valence-corrected chi connectivity index (χ0v) is 22.9. The van der Waals surface area contributed by atoms with Crippen molar-refractivity contribution >= 4 is 0 Å². The van der Waals surface area contributed by atoms with E-state index in [1.54, 1.807) is 0 Å². The molecule has 0 bridgehead atoms. The Morgan fingerprint density at radius 1 is 0.241 bits per heavy atom. The number of phenolic OH excluding ortho intramolecular Hbond substituents is 1. The highest BCUT2D eigenvalue weighted by atomic mass is 19.4. The lowest BCUT2D eigenvalue weighted by Crippen LogP contribution is -2.79. The van der Waals surface area contributed by atoms with Gasteiger partial charge in [0.05, 0.1) is 0 Å². The number of alkyl halides is 29. The zero-order chi connectivity index (χ0) is 44.5. The van der Waals surface area contributed by atoms with Crippen LogP contribution in [0.4, 0.5) is 145 Å². The zero-order valence-electron chi connectivity index (χ0n) is 22.9. The van der Waals surface area contributed by atoms with Crippen LogP contribution < -0.4 is 0 Å². The molecule has 54 heavy (non-hydrogen) atoms. The Bertz CT molecular complexity index is 1560. The minimum atomic E-state index is -10.2. The van der Waals surface area contributed by atoms with E-state index in [4.69, 9.17) is 5.11 Å². The van der Waals surface area contributed by atoms with Crippen molar-refractivity contribution in [1.29, 1.82) is 0 Å². The van der Waals surface area contributed by atoms with Crippen LogP contribution in [0.15, 0.2) is 0 Å².